The lowest BCUT2D eigenvalue weighted by Gasteiger charge is -2.31. The van der Waals surface area contributed by atoms with Gasteiger partial charge in [-0.15, -0.1) is 0 Å². The van der Waals surface area contributed by atoms with Crippen LogP contribution in [0.4, 0.5) is 5.69 Å². The molecule has 2 nitrogen and oxygen atoms in total. The minimum atomic E-state index is -0.0604. The van der Waals surface area contributed by atoms with Crippen molar-refractivity contribution in [2.24, 2.45) is 0 Å². The van der Waals surface area contributed by atoms with Crippen molar-refractivity contribution in [3.8, 4) is 0 Å². The van der Waals surface area contributed by atoms with Crippen LogP contribution in [0.1, 0.15) is 30.9 Å². The smallest absolute Gasteiger partial charge is 0.240 e. The van der Waals surface area contributed by atoms with E-state index in [1.165, 1.54) is 11.1 Å². The maximum absolute atomic E-state index is 12.3. The van der Waals surface area contributed by atoms with Crippen LogP contribution in [0, 0.1) is 6.92 Å². The van der Waals surface area contributed by atoms with E-state index in [1.54, 1.807) is 0 Å². The zero-order valence-corrected chi connectivity index (χ0v) is 12.0. The van der Waals surface area contributed by atoms with E-state index in [1.807, 2.05) is 11.8 Å². The fourth-order valence-electron chi connectivity index (χ4n) is 2.30. The summed E-state index contributed by atoms with van der Waals surface area (Å²) in [5, 5.41) is 0. The number of fused-ring (bicyclic) bond motifs is 1. The van der Waals surface area contributed by atoms with Crippen LogP contribution in [0.3, 0.4) is 0 Å². The monoisotopic (exact) mass is 295 g/mol. The Morgan fingerprint density at radius 1 is 1.53 bits per heavy atom. The van der Waals surface area contributed by atoms with E-state index in [0.29, 0.717) is 0 Å². The van der Waals surface area contributed by atoms with Gasteiger partial charge in [0.1, 0.15) is 0 Å². The Kier molecular flexibility index (Phi) is 3.87. The lowest BCUT2D eigenvalue weighted by atomic mass is 9.99. The summed E-state index contributed by atoms with van der Waals surface area (Å²) in [5.41, 5.74) is 3.68. The fraction of sp³-hybridized carbons (Fsp3) is 0.500. The highest BCUT2D eigenvalue weighted by Crippen LogP contribution is 2.29. The van der Waals surface area contributed by atoms with Crippen LogP contribution in [0.25, 0.3) is 0 Å². The molecule has 0 spiro atoms. The molecule has 0 saturated carbocycles. The Morgan fingerprint density at radius 2 is 2.29 bits per heavy atom. The van der Waals surface area contributed by atoms with Crippen molar-refractivity contribution < 1.29 is 4.79 Å². The minimum Gasteiger partial charge on any atom is -0.311 e. The number of aryl methyl sites for hydroxylation is 2. The van der Waals surface area contributed by atoms with Gasteiger partial charge in [0.2, 0.25) is 5.91 Å². The maximum atomic E-state index is 12.3. The molecule has 1 amide bonds. The molecule has 1 atom stereocenters. The first kappa shape index (κ1) is 12.6. The predicted octanol–water partition coefficient (Wildman–Crippen LogP) is 3.45. The van der Waals surface area contributed by atoms with Crippen molar-refractivity contribution in [2.45, 2.75) is 37.9 Å². The summed E-state index contributed by atoms with van der Waals surface area (Å²) >= 11 is 3.45. The average molecular weight is 296 g/mol. The molecule has 0 fully saturated rings. The van der Waals surface area contributed by atoms with E-state index in [4.69, 9.17) is 0 Å². The maximum Gasteiger partial charge on any atom is 0.240 e. The number of benzene rings is 1. The van der Waals surface area contributed by atoms with Crippen molar-refractivity contribution in [2.75, 3.05) is 11.4 Å². The molecule has 1 aromatic carbocycles. The molecule has 0 aliphatic carbocycles. The molecule has 1 heterocycles. The van der Waals surface area contributed by atoms with E-state index in [9.17, 15) is 4.79 Å². The van der Waals surface area contributed by atoms with Gasteiger partial charge in [0, 0.05) is 12.2 Å². The molecule has 1 aliphatic heterocycles. The van der Waals surface area contributed by atoms with Crippen molar-refractivity contribution in [3.05, 3.63) is 29.3 Å². The van der Waals surface area contributed by atoms with Crippen LogP contribution in [-0.4, -0.2) is 17.3 Å². The van der Waals surface area contributed by atoms with Crippen LogP contribution in [0.2, 0.25) is 0 Å². The molecular formula is C14H18BrNO. The van der Waals surface area contributed by atoms with Gasteiger partial charge in [-0.2, -0.15) is 0 Å². The standard InChI is InChI=1S/C14H18BrNO/c1-3-12(15)14(17)16-8-4-5-11-9-10(2)6-7-13(11)16/h6-7,9,12H,3-5,8H2,1-2H3. The highest BCUT2D eigenvalue weighted by Gasteiger charge is 2.26. The number of anilines is 1. The van der Waals surface area contributed by atoms with Gasteiger partial charge in [-0.1, -0.05) is 40.5 Å². The molecule has 0 aromatic heterocycles. The first-order chi connectivity index (χ1) is 8.13. The second-order valence-corrected chi connectivity index (χ2v) is 5.71. The number of alkyl halides is 1. The first-order valence-corrected chi connectivity index (χ1v) is 7.10. The van der Waals surface area contributed by atoms with Crippen LogP contribution < -0.4 is 4.90 Å². The Labute approximate surface area is 111 Å². The SMILES string of the molecule is CCC(Br)C(=O)N1CCCc2cc(C)ccc21. The molecule has 1 unspecified atom stereocenters. The molecule has 17 heavy (non-hydrogen) atoms. The second-order valence-electron chi connectivity index (χ2n) is 4.60. The van der Waals surface area contributed by atoms with Gasteiger partial charge in [-0.3, -0.25) is 4.79 Å². The number of rotatable bonds is 2. The predicted molar refractivity (Wildman–Crippen MR) is 74.9 cm³/mol. The summed E-state index contributed by atoms with van der Waals surface area (Å²) in [4.78, 5) is 14.1. The number of halogens is 1. The van der Waals surface area contributed by atoms with E-state index in [0.717, 1.165) is 31.5 Å². The molecule has 2 rings (SSSR count). The average Bonchev–Trinajstić information content (AvgIpc) is 2.35. The van der Waals surface area contributed by atoms with E-state index < -0.39 is 0 Å². The van der Waals surface area contributed by atoms with E-state index in [-0.39, 0.29) is 10.7 Å². The van der Waals surface area contributed by atoms with Gasteiger partial charge in [-0.05, 0) is 37.8 Å². The minimum absolute atomic E-state index is 0.0604. The Balaban J connectivity index is 2.31. The van der Waals surface area contributed by atoms with Crippen molar-refractivity contribution in [1.82, 2.24) is 0 Å². The van der Waals surface area contributed by atoms with E-state index in [2.05, 4.69) is 41.1 Å². The fourth-order valence-corrected chi connectivity index (χ4v) is 2.55. The topological polar surface area (TPSA) is 20.3 Å². The third-order valence-corrected chi connectivity index (χ3v) is 4.29. The number of amides is 1. The molecule has 0 saturated heterocycles. The highest BCUT2D eigenvalue weighted by molar-refractivity contribution is 9.10. The molecular weight excluding hydrogens is 278 g/mol. The molecule has 0 bridgehead atoms. The number of hydrogen-bond acceptors (Lipinski definition) is 1. The Morgan fingerprint density at radius 3 is 3.00 bits per heavy atom. The van der Waals surface area contributed by atoms with Crippen molar-refractivity contribution in [1.29, 1.82) is 0 Å². The number of carbonyl (C=O) groups excluding carboxylic acids is 1. The normalized spacial score (nSPS) is 16.5. The Bertz CT molecular complexity index is 430. The molecule has 92 valence electrons. The molecule has 3 heteroatoms. The third-order valence-electron chi connectivity index (χ3n) is 3.25. The van der Waals surface area contributed by atoms with Crippen LogP contribution in [0.15, 0.2) is 18.2 Å². The molecule has 0 N–H and O–H groups in total. The van der Waals surface area contributed by atoms with Crippen molar-refractivity contribution >= 4 is 27.5 Å². The van der Waals surface area contributed by atoms with Gasteiger partial charge in [0.25, 0.3) is 0 Å². The van der Waals surface area contributed by atoms with Gasteiger partial charge in [-0.25, -0.2) is 0 Å². The van der Waals surface area contributed by atoms with Crippen LogP contribution >= 0.6 is 15.9 Å². The summed E-state index contributed by atoms with van der Waals surface area (Å²) in [5.74, 6) is 0.192. The van der Waals surface area contributed by atoms with E-state index >= 15 is 0 Å². The van der Waals surface area contributed by atoms with Crippen molar-refractivity contribution in [3.63, 3.8) is 0 Å². The summed E-state index contributed by atoms with van der Waals surface area (Å²) < 4.78 is 0. The molecule has 1 aromatic rings. The van der Waals surface area contributed by atoms with Crippen LogP contribution in [0.5, 0.6) is 0 Å². The van der Waals surface area contributed by atoms with Gasteiger partial charge in [0.15, 0.2) is 0 Å². The lowest BCUT2D eigenvalue weighted by molar-refractivity contribution is -0.118. The summed E-state index contributed by atoms with van der Waals surface area (Å²) in [6.45, 7) is 4.97. The highest BCUT2D eigenvalue weighted by atomic mass is 79.9. The third kappa shape index (κ3) is 2.54. The summed E-state index contributed by atoms with van der Waals surface area (Å²) in [7, 11) is 0. The number of carbonyl (C=O) groups is 1. The first-order valence-electron chi connectivity index (χ1n) is 6.18. The molecule has 0 radical (unpaired) electrons. The van der Waals surface area contributed by atoms with Crippen LogP contribution in [-0.2, 0) is 11.2 Å². The largest absolute Gasteiger partial charge is 0.311 e. The number of nitrogens with zero attached hydrogens (tertiary/aromatic N) is 1. The second kappa shape index (κ2) is 5.21. The zero-order chi connectivity index (χ0) is 12.4. The van der Waals surface area contributed by atoms with Gasteiger partial charge in [0.05, 0.1) is 4.83 Å². The summed E-state index contributed by atoms with van der Waals surface area (Å²) in [6.07, 6.45) is 2.97. The number of hydrogen-bond donors (Lipinski definition) is 0. The van der Waals surface area contributed by atoms with Gasteiger partial charge >= 0.3 is 0 Å². The molecule has 1 aliphatic rings. The summed E-state index contributed by atoms with van der Waals surface area (Å²) in [6, 6.07) is 6.36. The van der Waals surface area contributed by atoms with Gasteiger partial charge < -0.3 is 4.90 Å². The lowest BCUT2D eigenvalue weighted by Crippen LogP contribution is -2.39. The quantitative estimate of drug-likeness (QED) is 0.766. The zero-order valence-electron chi connectivity index (χ0n) is 10.4. The Hall–Kier alpha value is -0.830.